The lowest BCUT2D eigenvalue weighted by atomic mass is 10.1. The maximum Gasteiger partial charge on any atom is 0.267 e. The fraction of sp³-hybridized carbons (Fsp3) is 0.222. The van der Waals surface area contributed by atoms with Crippen LogP contribution in [0.1, 0.15) is 31.1 Å². The number of ketones is 1. The third-order valence-electron chi connectivity index (χ3n) is 3.29. The van der Waals surface area contributed by atoms with E-state index in [9.17, 15) is 14.0 Å². The molecule has 1 amide bonds. The predicted octanol–water partition coefficient (Wildman–Crippen LogP) is 3.82. The van der Waals surface area contributed by atoms with Gasteiger partial charge in [-0.15, -0.1) is 0 Å². The molecule has 0 aromatic heterocycles. The molecule has 0 saturated heterocycles. The molecule has 5 heteroatoms. The molecule has 0 spiro atoms. The lowest BCUT2D eigenvalue weighted by Gasteiger charge is -2.25. The normalized spacial score (nSPS) is 11.0. The van der Waals surface area contributed by atoms with E-state index in [1.165, 1.54) is 31.2 Å². The molecule has 0 saturated carbocycles. The Kier molecular flexibility index (Phi) is 4.79. The quantitative estimate of drug-likeness (QED) is 0.853. The Bertz CT molecular complexity index is 723. The molecule has 0 fully saturated rings. The van der Waals surface area contributed by atoms with Gasteiger partial charge in [0.25, 0.3) is 5.91 Å². The summed E-state index contributed by atoms with van der Waals surface area (Å²) in [6.45, 7) is 4.63. The first-order valence-corrected chi connectivity index (χ1v) is 7.15. The number of carbonyl (C=O) groups is 2. The van der Waals surface area contributed by atoms with E-state index < -0.39 is 11.5 Å². The van der Waals surface area contributed by atoms with Gasteiger partial charge >= 0.3 is 0 Å². The number of hydrogen-bond acceptors (Lipinski definition) is 3. The minimum Gasteiger partial charge on any atom is -0.478 e. The Morgan fingerprint density at radius 3 is 2.26 bits per heavy atom. The van der Waals surface area contributed by atoms with Crippen molar-refractivity contribution in [1.82, 2.24) is 0 Å². The summed E-state index contributed by atoms with van der Waals surface area (Å²) in [5, 5.41) is 2.70. The van der Waals surface area contributed by atoms with E-state index in [1.54, 1.807) is 38.1 Å². The van der Waals surface area contributed by atoms with Crippen molar-refractivity contribution >= 4 is 17.4 Å². The molecule has 23 heavy (non-hydrogen) atoms. The van der Waals surface area contributed by atoms with Crippen LogP contribution >= 0.6 is 0 Å². The highest BCUT2D eigenvalue weighted by molar-refractivity contribution is 6.05. The largest absolute Gasteiger partial charge is 0.478 e. The second-order valence-electron chi connectivity index (χ2n) is 5.62. The summed E-state index contributed by atoms with van der Waals surface area (Å²) in [7, 11) is 0. The van der Waals surface area contributed by atoms with Gasteiger partial charge in [0.2, 0.25) is 0 Å². The molecule has 0 aliphatic rings. The van der Waals surface area contributed by atoms with Crippen molar-refractivity contribution in [2.45, 2.75) is 26.4 Å². The highest BCUT2D eigenvalue weighted by atomic mass is 19.1. The van der Waals surface area contributed by atoms with E-state index in [0.29, 0.717) is 17.0 Å². The summed E-state index contributed by atoms with van der Waals surface area (Å²) in [5.74, 6) is -0.546. The molecular formula is C18H18FNO3. The fourth-order valence-corrected chi connectivity index (χ4v) is 2.02. The summed E-state index contributed by atoms with van der Waals surface area (Å²) in [5.41, 5.74) is -0.332. The lowest BCUT2D eigenvalue weighted by molar-refractivity contribution is -0.128. The molecular weight excluding hydrogens is 297 g/mol. The van der Waals surface area contributed by atoms with Crippen molar-refractivity contribution in [3.8, 4) is 5.75 Å². The predicted molar refractivity (Wildman–Crippen MR) is 86.2 cm³/mol. The zero-order valence-electron chi connectivity index (χ0n) is 13.2. The van der Waals surface area contributed by atoms with Crippen molar-refractivity contribution in [3.05, 3.63) is 59.9 Å². The number of rotatable bonds is 5. The van der Waals surface area contributed by atoms with E-state index in [-0.39, 0.29) is 11.6 Å². The number of amides is 1. The molecule has 1 N–H and O–H groups in total. The van der Waals surface area contributed by atoms with Gasteiger partial charge in [0.05, 0.1) is 5.69 Å². The fourth-order valence-electron chi connectivity index (χ4n) is 2.02. The third kappa shape index (κ3) is 4.16. The number of hydrogen-bond donors (Lipinski definition) is 1. The van der Waals surface area contributed by atoms with Gasteiger partial charge < -0.3 is 10.1 Å². The molecule has 0 atom stereocenters. The average Bonchev–Trinajstić information content (AvgIpc) is 2.49. The van der Waals surface area contributed by atoms with Crippen LogP contribution in [0.25, 0.3) is 0 Å². The number of anilines is 1. The van der Waals surface area contributed by atoms with Crippen LogP contribution in [0.2, 0.25) is 0 Å². The first kappa shape index (κ1) is 16.7. The van der Waals surface area contributed by atoms with Gasteiger partial charge in [-0.1, -0.05) is 12.1 Å². The second-order valence-corrected chi connectivity index (χ2v) is 5.62. The number of nitrogens with one attached hydrogen (secondary N) is 1. The summed E-state index contributed by atoms with van der Waals surface area (Å²) < 4.78 is 18.5. The molecule has 0 unspecified atom stereocenters. The molecule has 2 aromatic carbocycles. The number of carbonyl (C=O) groups excluding carboxylic acids is 2. The van der Waals surface area contributed by atoms with Crippen LogP contribution < -0.4 is 10.1 Å². The van der Waals surface area contributed by atoms with Crippen LogP contribution in [0.3, 0.4) is 0 Å². The molecule has 0 radical (unpaired) electrons. The number of benzene rings is 2. The number of ether oxygens (including phenoxy) is 1. The summed E-state index contributed by atoms with van der Waals surface area (Å²) in [4.78, 5) is 24.1. The highest BCUT2D eigenvalue weighted by Crippen LogP contribution is 2.22. The van der Waals surface area contributed by atoms with Crippen LogP contribution in [0.5, 0.6) is 5.75 Å². The standard InChI is InChI=1S/C18H18FNO3/c1-12(21)15-6-4-5-7-16(15)20-17(22)18(2,3)23-14-10-8-13(19)9-11-14/h4-11H,1-3H3,(H,20,22). The van der Waals surface area contributed by atoms with Crippen LogP contribution in [0, 0.1) is 5.82 Å². The van der Waals surface area contributed by atoms with E-state index >= 15 is 0 Å². The molecule has 2 rings (SSSR count). The smallest absolute Gasteiger partial charge is 0.267 e. The zero-order chi connectivity index (χ0) is 17.0. The molecule has 120 valence electrons. The maximum atomic E-state index is 12.9. The Morgan fingerprint density at radius 2 is 1.65 bits per heavy atom. The maximum absolute atomic E-state index is 12.9. The first-order chi connectivity index (χ1) is 10.8. The van der Waals surface area contributed by atoms with Crippen molar-refractivity contribution in [1.29, 1.82) is 0 Å². The van der Waals surface area contributed by atoms with Crippen LogP contribution in [-0.2, 0) is 4.79 Å². The molecule has 0 bridgehead atoms. The van der Waals surface area contributed by atoms with Gasteiger partial charge in [-0.25, -0.2) is 4.39 Å². The van der Waals surface area contributed by atoms with Crippen LogP contribution in [-0.4, -0.2) is 17.3 Å². The SMILES string of the molecule is CC(=O)c1ccccc1NC(=O)C(C)(C)Oc1ccc(F)cc1. The number of para-hydroxylation sites is 1. The van der Waals surface area contributed by atoms with E-state index in [4.69, 9.17) is 4.74 Å². The van der Waals surface area contributed by atoms with Gasteiger partial charge in [0.15, 0.2) is 11.4 Å². The monoisotopic (exact) mass is 315 g/mol. The van der Waals surface area contributed by atoms with Gasteiger partial charge in [-0.3, -0.25) is 9.59 Å². The Labute approximate surface area is 134 Å². The molecule has 0 aliphatic heterocycles. The van der Waals surface area contributed by atoms with Crippen molar-refractivity contribution in [3.63, 3.8) is 0 Å². The topological polar surface area (TPSA) is 55.4 Å². The number of halogens is 1. The zero-order valence-corrected chi connectivity index (χ0v) is 13.2. The lowest BCUT2D eigenvalue weighted by Crippen LogP contribution is -2.42. The number of Topliss-reactive ketones (excluding diaryl/α,β-unsaturated/α-hetero) is 1. The second kappa shape index (κ2) is 6.60. The van der Waals surface area contributed by atoms with Gasteiger partial charge in [0, 0.05) is 5.56 Å². The van der Waals surface area contributed by atoms with Crippen molar-refractivity contribution in [2.24, 2.45) is 0 Å². The molecule has 0 aliphatic carbocycles. The van der Waals surface area contributed by atoms with Gasteiger partial charge in [-0.05, 0) is 57.2 Å². The average molecular weight is 315 g/mol. The molecule has 4 nitrogen and oxygen atoms in total. The van der Waals surface area contributed by atoms with Crippen LogP contribution in [0.15, 0.2) is 48.5 Å². The van der Waals surface area contributed by atoms with Gasteiger partial charge in [-0.2, -0.15) is 0 Å². The van der Waals surface area contributed by atoms with Crippen molar-refractivity contribution < 1.29 is 18.7 Å². The Balaban J connectivity index is 2.15. The van der Waals surface area contributed by atoms with Crippen molar-refractivity contribution in [2.75, 3.05) is 5.32 Å². The highest BCUT2D eigenvalue weighted by Gasteiger charge is 2.30. The summed E-state index contributed by atoms with van der Waals surface area (Å²) >= 11 is 0. The molecule has 2 aromatic rings. The Hall–Kier alpha value is -2.69. The summed E-state index contributed by atoms with van der Waals surface area (Å²) in [6.07, 6.45) is 0. The molecule has 0 heterocycles. The minimum atomic E-state index is -1.19. The van der Waals surface area contributed by atoms with E-state index in [2.05, 4.69) is 5.32 Å². The van der Waals surface area contributed by atoms with Crippen LogP contribution in [0.4, 0.5) is 10.1 Å². The third-order valence-corrected chi connectivity index (χ3v) is 3.29. The van der Waals surface area contributed by atoms with E-state index in [0.717, 1.165) is 0 Å². The first-order valence-electron chi connectivity index (χ1n) is 7.15. The van der Waals surface area contributed by atoms with Gasteiger partial charge in [0.1, 0.15) is 11.6 Å². The van der Waals surface area contributed by atoms with E-state index in [1.807, 2.05) is 0 Å². The summed E-state index contributed by atoms with van der Waals surface area (Å²) in [6, 6.07) is 12.2. The Morgan fingerprint density at radius 1 is 1.04 bits per heavy atom. The minimum absolute atomic E-state index is 0.141.